The van der Waals surface area contributed by atoms with Crippen molar-refractivity contribution < 1.29 is 19.5 Å². The standard InChI is InChI=1S/C31H32N4O4.Na.H/c1-21-15-17-33-28(18-21)32-16-5-10-29(36)34-20-30(37)35-27(19-31(38)39)24-13-11-23(12-14-24)26-9-4-7-22-6-2-3-8-25(22)26;;/h2-4,6-9,11-15,17-18,27H,5,10,16,19-20H2,1H3,(H,32,33)(H,34,36)(H,35,37)(H,38,39);;. The molecule has 0 fully saturated rings. The van der Waals surface area contributed by atoms with Crippen molar-refractivity contribution in [2.24, 2.45) is 0 Å². The second-order valence-electron chi connectivity index (χ2n) is 9.39. The molecule has 0 saturated heterocycles. The van der Waals surface area contributed by atoms with Crippen LogP contribution in [0.15, 0.2) is 85.1 Å². The molecule has 0 saturated carbocycles. The van der Waals surface area contributed by atoms with Gasteiger partial charge in [0, 0.05) is 19.2 Å². The quantitative estimate of drug-likeness (QED) is 0.156. The van der Waals surface area contributed by atoms with Crippen LogP contribution in [0.5, 0.6) is 0 Å². The Morgan fingerprint density at radius 3 is 2.42 bits per heavy atom. The fourth-order valence-electron chi connectivity index (χ4n) is 4.41. The number of anilines is 1. The van der Waals surface area contributed by atoms with Gasteiger partial charge in [0.25, 0.3) is 0 Å². The number of hydrogen-bond donors (Lipinski definition) is 4. The van der Waals surface area contributed by atoms with Gasteiger partial charge in [-0.1, -0.05) is 66.7 Å². The van der Waals surface area contributed by atoms with Crippen molar-refractivity contribution >= 4 is 63.9 Å². The van der Waals surface area contributed by atoms with Crippen molar-refractivity contribution in [2.45, 2.75) is 32.2 Å². The number of aromatic nitrogens is 1. The van der Waals surface area contributed by atoms with E-state index in [1.807, 2.05) is 67.6 Å². The van der Waals surface area contributed by atoms with Crippen molar-refractivity contribution in [1.29, 1.82) is 0 Å². The van der Waals surface area contributed by atoms with E-state index >= 15 is 0 Å². The molecule has 4 aromatic rings. The number of amides is 2. The van der Waals surface area contributed by atoms with Gasteiger partial charge in [-0.2, -0.15) is 0 Å². The third-order valence-electron chi connectivity index (χ3n) is 6.38. The molecule has 0 radical (unpaired) electrons. The first kappa shape index (κ1) is 30.8. The van der Waals surface area contributed by atoms with Gasteiger partial charge in [0.15, 0.2) is 0 Å². The maximum absolute atomic E-state index is 12.6. The molecule has 0 aliphatic carbocycles. The molecule has 0 bridgehead atoms. The van der Waals surface area contributed by atoms with Gasteiger partial charge < -0.3 is 21.1 Å². The second-order valence-corrected chi connectivity index (χ2v) is 9.39. The van der Waals surface area contributed by atoms with Crippen LogP contribution < -0.4 is 16.0 Å². The Balaban J connectivity index is 0.00000441. The van der Waals surface area contributed by atoms with Crippen molar-refractivity contribution in [2.75, 3.05) is 18.4 Å². The molecule has 1 unspecified atom stereocenters. The number of carbonyl (C=O) groups is 3. The van der Waals surface area contributed by atoms with Gasteiger partial charge in [0.2, 0.25) is 11.8 Å². The number of aliphatic carboxylic acids is 1. The summed E-state index contributed by atoms with van der Waals surface area (Å²) in [5.74, 6) is -0.976. The van der Waals surface area contributed by atoms with Crippen LogP contribution >= 0.6 is 0 Å². The Kier molecular flexibility index (Phi) is 11.7. The molecular weight excluding hydrogens is 515 g/mol. The van der Waals surface area contributed by atoms with E-state index in [0.717, 1.165) is 33.3 Å². The van der Waals surface area contributed by atoms with Crippen LogP contribution in [0.1, 0.15) is 36.4 Å². The van der Waals surface area contributed by atoms with Crippen LogP contribution in [0.3, 0.4) is 0 Å². The summed E-state index contributed by atoms with van der Waals surface area (Å²) in [6.45, 7) is 2.33. The number of pyridine rings is 1. The van der Waals surface area contributed by atoms with Crippen molar-refractivity contribution in [1.82, 2.24) is 15.6 Å². The van der Waals surface area contributed by atoms with Crippen LogP contribution in [0.4, 0.5) is 5.82 Å². The minimum absolute atomic E-state index is 0. The molecule has 1 atom stereocenters. The molecule has 0 aliphatic rings. The first-order valence-corrected chi connectivity index (χ1v) is 12.9. The molecule has 1 aromatic heterocycles. The van der Waals surface area contributed by atoms with E-state index in [0.29, 0.717) is 18.5 Å². The first-order valence-electron chi connectivity index (χ1n) is 12.9. The Bertz CT molecular complexity index is 1450. The number of rotatable bonds is 12. The average molecular weight is 549 g/mol. The van der Waals surface area contributed by atoms with Gasteiger partial charge in [-0.15, -0.1) is 0 Å². The molecule has 9 heteroatoms. The normalized spacial score (nSPS) is 11.2. The van der Waals surface area contributed by atoms with E-state index in [4.69, 9.17) is 0 Å². The fourth-order valence-corrected chi connectivity index (χ4v) is 4.41. The van der Waals surface area contributed by atoms with Gasteiger partial charge in [0.1, 0.15) is 5.82 Å². The summed E-state index contributed by atoms with van der Waals surface area (Å²) < 4.78 is 0. The van der Waals surface area contributed by atoms with Gasteiger partial charge in [0.05, 0.1) is 19.0 Å². The Labute approximate surface area is 255 Å². The van der Waals surface area contributed by atoms with E-state index in [2.05, 4.69) is 39.1 Å². The molecular formula is C31H33N4NaO4. The number of hydrogen-bond acceptors (Lipinski definition) is 5. The molecule has 0 spiro atoms. The van der Waals surface area contributed by atoms with Gasteiger partial charge in [-0.25, -0.2) is 4.98 Å². The van der Waals surface area contributed by atoms with E-state index < -0.39 is 17.9 Å². The summed E-state index contributed by atoms with van der Waals surface area (Å²) in [6.07, 6.45) is 2.28. The van der Waals surface area contributed by atoms with E-state index in [1.165, 1.54) is 0 Å². The minimum atomic E-state index is -1.03. The third-order valence-corrected chi connectivity index (χ3v) is 6.38. The molecule has 1 heterocycles. The van der Waals surface area contributed by atoms with Crippen LogP contribution in [-0.2, 0) is 14.4 Å². The predicted molar refractivity (Wildman–Crippen MR) is 159 cm³/mol. The fraction of sp³-hybridized carbons (Fsp3) is 0.226. The summed E-state index contributed by atoms with van der Waals surface area (Å²) in [6, 6.07) is 24.9. The van der Waals surface area contributed by atoms with Crippen LogP contribution in [0, 0.1) is 6.92 Å². The number of nitrogens with zero attached hydrogens (tertiary/aromatic N) is 1. The zero-order chi connectivity index (χ0) is 27.6. The zero-order valence-corrected chi connectivity index (χ0v) is 21.8. The SMILES string of the molecule is Cc1ccnc(NCCCC(=O)NCC(=O)NC(CC(=O)O)c2ccc(-c3cccc4ccccc34)cc2)c1.[NaH]. The van der Waals surface area contributed by atoms with Gasteiger partial charge in [-0.3, -0.25) is 14.4 Å². The summed E-state index contributed by atoms with van der Waals surface area (Å²) in [5, 5.41) is 20.2. The number of benzene rings is 3. The molecule has 40 heavy (non-hydrogen) atoms. The number of carboxylic acid groups (broad SMARTS) is 1. The van der Waals surface area contributed by atoms with E-state index in [9.17, 15) is 19.5 Å². The molecule has 4 rings (SSSR count). The van der Waals surface area contributed by atoms with Crippen molar-refractivity contribution in [3.63, 3.8) is 0 Å². The Morgan fingerprint density at radius 2 is 1.68 bits per heavy atom. The maximum atomic E-state index is 12.6. The summed E-state index contributed by atoms with van der Waals surface area (Å²) in [5.41, 5.74) is 3.84. The van der Waals surface area contributed by atoms with E-state index in [-0.39, 0.29) is 54.9 Å². The first-order chi connectivity index (χ1) is 18.9. The molecule has 2 amide bonds. The van der Waals surface area contributed by atoms with Crippen LogP contribution in [0.25, 0.3) is 21.9 Å². The van der Waals surface area contributed by atoms with Gasteiger partial charge in [-0.05, 0) is 58.5 Å². The van der Waals surface area contributed by atoms with E-state index in [1.54, 1.807) is 6.20 Å². The summed E-state index contributed by atoms with van der Waals surface area (Å²) >= 11 is 0. The summed E-state index contributed by atoms with van der Waals surface area (Å²) in [4.78, 5) is 40.5. The van der Waals surface area contributed by atoms with Crippen molar-refractivity contribution in [3.05, 3.63) is 96.2 Å². The third kappa shape index (κ3) is 8.91. The Hall–Kier alpha value is -3.72. The number of carboxylic acids is 1. The number of fused-ring (bicyclic) bond motifs is 1. The molecule has 0 aliphatic heterocycles. The van der Waals surface area contributed by atoms with Gasteiger partial charge >= 0.3 is 35.5 Å². The number of aryl methyl sites for hydroxylation is 1. The second kappa shape index (κ2) is 15.2. The molecule has 8 nitrogen and oxygen atoms in total. The topological polar surface area (TPSA) is 120 Å². The predicted octanol–water partition coefficient (Wildman–Crippen LogP) is 4.20. The molecule has 3 aromatic carbocycles. The zero-order valence-electron chi connectivity index (χ0n) is 21.8. The number of nitrogens with one attached hydrogen (secondary N) is 3. The molecule has 202 valence electrons. The monoisotopic (exact) mass is 548 g/mol. The number of carbonyl (C=O) groups excluding carboxylic acids is 2. The van der Waals surface area contributed by atoms with Crippen LogP contribution in [-0.4, -0.2) is 70.5 Å². The average Bonchev–Trinajstić information content (AvgIpc) is 2.93. The molecule has 4 N–H and O–H groups in total. The summed E-state index contributed by atoms with van der Waals surface area (Å²) in [7, 11) is 0. The Morgan fingerprint density at radius 1 is 0.925 bits per heavy atom. The van der Waals surface area contributed by atoms with Crippen molar-refractivity contribution in [3.8, 4) is 11.1 Å². The van der Waals surface area contributed by atoms with Crippen LogP contribution in [0.2, 0.25) is 0 Å².